The molecule has 2 rings (SSSR count). The molecule has 7 heteroatoms. The summed E-state index contributed by atoms with van der Waals surface area (Å²) in [7, 11) is 0.680. The Kier molecular flexibility index (Phi) is 5.99. The third-order valence-corrected chi connectivity index (χ3v) is 7.17. The quantitative estimate of drug-likeness (QED) is 0.792. The van der Waals surface area contributed by atoms with Crippen LogP contribution in [0.1, 0.15) is 49.4 Å². The molecule has 1 saturated carbocycles. The lowest BCUT2D eigenvalue weighted by atomic mass is 9.94. The average Bonchev–Trinajstić information content (AvgIpc) is 2.94. The van der Waals surface area contributed by atoms with Gasteiger partial charge in [0.1, 0.15) is 11.1 Å². The summed E-state index contributed by atoms with van der Waals surface area (Å²) in [5.74, 6) is 0. The number of hydrogen-bond donors (Lipinski definition) is 0. The molecule has 3 atom stereocenters. The minimum atomic E-state index is -3.00. The number of ether oxygens (including phenoxy) is 1. The van der Waals surface area contributed by atoms with Gasteiger partial charge in [-0.2, -0.15) is 0 Å². The second kappa shape index (κ2) is 7.38. The van der Waals surface area contributed by atoms with Crippen molar-refractivity contribution in [2.45, 2.75) is 56.5 Å². The van der Waals surface area contributed by atoms with Gasteiger partial charge in [0.2, 0.25) is 0 Å². The second-order valence-electron chi connectivity index (χ2n) is 6.19. The molecule has 1 heterocycles. The second-order valence-corrected chi connectivity index (χ2v) is 9.34. The van der Waals surface area contributed by atoms with Crippen LogP contribution in [0.4, 0.5) is 0 Å². The van der Waals surface area contributed by atoms with Gasteiger partial charge in [-0.25, -0.2) is 13.4 Å². The van der Waals surface area contributed by atoms with Gasteiger partial charge in [-0.1, -0.05) is 12.8 Å². The van der Waals surface area contributed by atoms with E-state index in [1.807, 2.05) is 19.4 Å². The van der Waals surface area contributed by atoms with E-state index in [4.69, 9.17) is 4.74 Å². The van der Waals surface area contributed by atoms with Gasteiger partial charge in [0.25, 0.3) is 0 Å². The highest BCUT2D eigenvalue weighted by molar-refractivity contribution is 7.91. The minimum absolute atomic E-state index is 0.00232. The Bertz CT molecular complexity index is 585. The SMILES string of the molecule is CO[C@H](C)c1nc(CN(C)[C@@H]2CCCC[C@H]2S(C)(=O)=O)cs1. The number of sulfone groups is 1. The highest BCUT2D eigenvalue weighted by Gasteiger charge is 2.35. The molecule has 0 aromatic carbocycles. The number of nitrogens with zero attached hydrogens (tertiary/aromatic N) is 2. The monoisotopic (exact) mass is 346 g/mol. The predicted molar refractivity (Wildman–Crippen MR) is 89.9 cm³/mol. The Morgan fingerprint density at radius 3 is 2.77 bits per heavy atom. The molecule has 5 nitrogen and oxygen atoms in total. The highest BCUT2D eigenvalue weighted by Crippen LogP contribution is 2.29. The molecule has 126 valence electrons. The zero-order valence-electron chi connectivity index (χ0n) is 13.8. The molecule has 1 aliphatic rings. The fourth-order valence-electron chi connectivity index (χ4n) is 3.14. The van der Waals surface area contributed by atoms with E-state index in [0.29, 0.717) is 6.54 Å². The molecule has 1 fully saturated rings. The van der Waals surface area contributed by atoms with Crippen molar-refractivity contribution in [3.05, 3.63) is 16.1 Å². The van der Waals surface area contributed by atoms with Crippen LogP contribution in [0.2, 0.25) is 0 Å². The fraction of sp³-hybridized carbons (Fsp3) is 0.800. The zero-order chi connectivity index (χ0) is 16.3. The van der Waals surface area contributed by atoms with Gasteiger partial charge in [0.05, 0.1) is 10.9 Å². The van der Waals surface area contributed by atoms with Crippen molar-refractivity contribution >= 4 is 21.2 Å². The van der Waals surface area contributed by atoms with E-state index < -0.39 is 9.84 Å². The average molecular weight is 347 g/mol. The Morgan fingerprint density at radius 2 is 2.14 bits per heavy atom. The van der Waals surface area contributed by atoms with E-state index >= 15 is 0 Å². The van der Waals surface area contributed by atoms with Gasteiger partial charge in [0, 0.05) is 31.3 Å². The first-order valence-electron chi connectivity index (χ1n) is 7.69. The van der Waals surface area contributed by atoms with E-state index in [2.05, 4.69) is 9.88 Å². The molecular formula is C15H26N2O3S2. The summed E-state index contributed by atoms with van der Waals surface area (Å²) >= 11 is 1.60. The Labute approximate surface area is 137 Å². The van der Waals surface area contributed by atoms with Crippen LogP contribution in [0, 0.1) is 0 Å². The molecule has 0 saturated heterocycles. The maximum absolute atomic E-state index is 12.0. The van der Waals surface area contributed by atoms with Gasteiger partial charge in [0.15, 0.2) is 9.84 Å². The van der Waals surface area contributed by atoms with Crippen molar-refractivity contribution in [2.24, 2.45) is 0 Å². The van der Waals surface area contributed by atoms with Crippen molar-refractivity contribution in [3.63, 3.8) is 0 Å². The van der Waals surface area contributed by atoms with Crippen molar-refractivity contribution in [1.29, 1.82) is 0 Å². The lowest BCUT2D eigenvalue weighted by Gasteiger charge is -2.36. The normalized spacial score (nSPS) is 24.6. The summed E-state index contributed by atoms with van der Waals surface area (Å²) in [5, 5.41) is 2.76. The number of aromatic nitrogens is 1. The van der Waals surface area contributed by atoms with Gasteiger partial charge in [-0.15, -0.1) is 11.3 Å². The highest BCUT2D eigenvalue weighted by atomic mass is 32.2. The number of thiazole rings is 1. The maximum Gasteiger partial charge on any atom is 0.151 e. The van der Waals surface area contributed by atoms with Crippen molar-refractivity contribution in [3.8, 4) is 0 Å². The first-order valence-corrected chi connectivity index (χ1v) is 10.5. The van der Waals surface area contributed by atoms with E-state index in [9.17, 15) is 8.42 Å². The maximum atomic E-state index is 12.0. The molecule has 0 spiro atoms. The third kappa shape index (κ3) is 4.28. The van der Waals surface area contributed by atoms with Gasteiger partial charge < -0.3 is 4.74 Å². The summed E-state index contributed by atoms with van der Waals surface area (Å²) in [6.45, 7) is 2.66. The molecule has 0 aliphatic heterocycles. The minimum Gasteiger partial charge on any atom is -0.375 e. The Balaban J connectivity index is 2.07. The third-order valence-electron chi connectivity index (χ3n) is 4.47. The largest absolute Gasteiger partial charge is 0.375 e. The van der Waals surface area contributed by atoms with Crippen LogP contribution in [0.25, 0.3) is 0 Å². The van der Waals surface area contributed by atoms with Crippen LogP contribution in [-0.4, -0.2) is 50.0 Å². The zero-order valence-corrected chi connectivity index (χ0v) is 15.4. The molecule has 0 radical (unpaired) electrons. The van der Waals surface area contributed by atoms with Crippen LogP contribution < -0.4 is 0 Å². The Morgan fingerprint density at radius 1 is 1.45 bits per heavy atom. The van der Waals surface area contributed by atoms with E-state index in [0.717, 1.165) is 36.4 Å². The fourth-order valence-corrected chi connectivity index (χ4v) is 5.49. The van der Waals surface area contributed by atoms with Gasteiger partial charge in [-0.05, 0) is 26.8 Å². The molecule has 22 heavy (non-hydrogen) atoms. The summed E-state index contributed by atoms with van der Waals surface area (Å²) in [6.07, 6.45) is 5.20. The first-order chi connectivity index (χ1) is 10.3. The summed E-state index contributed by atoms with van der Waals surface area (Å²) in [4.78, 5) is 6.76. The molecule has 0 bridgehead atoms. The number of rotatable bonds is 6. The van der Waals surface area contributed by atoms with E-state index in [1.54, 1.807) is 18.4 Å². The van der Waals surface area contributed by atoms with Crippen molar-refractivity contribution in [1.82, 2.24) is 9.88 Å². The standard InChI is InChI=1S/C15H26N2O3S2/c1-11(20-3)15-16-12(10-21-15)9-17(2)13-7-5-6-8-14(13)22(4,18)19/h10-11,13-14H,5-9H2,1-4H3/t11-,13-,14-/m1/s1. The molecule has 1 aromatic rings. The Hall–Kier alpha value is -0.500. The first kappa shape index (κ1) is 17.8. The molecule has 0 unspecified atom stereocenters. The van der Waals surface area contributed by atoms with Crippen molar-refractivity contribution < 1.29 is 13.2 Å². The van der Waals surface area contributed by atoms with Gasteiger partial charge in [-0.3, -0.25) is 4.90 Å². The molecular weight excluding hydrogens is 320 g/mol. The molecule has 1 aromatic heterocycles. The molecule has 0 N–H and O–H groups in total. The molecule has 0 amide bonds. The number of hydrogen-bond acceptors (Lipinski definition) is 6. The van der Waals surface area contributed by atoms with Crippen LogP contribution in [0.5, 0.6) is 0 Å². The van der Waals surface area contributed by atoms with E-state index in [1.165, 1.54) is 6.26 Å². The number of methoxy groups -OCH3 is 1. The lowest BCUT2D eigenvalue weighted by molar-refractivity contribution is 0.119. The van der Waals surface area contributed by atoms with Crippen LogP contribution in [0.15, 0.2) is 5.38 Å². The lowest BCUT2D eigenvalue weighted by Crippen LogP contribution is -2.46. The topological polar surface area (TPSA) is 59.5 Å². The summed E-state index contributed by atoms with van der Waals surface area (Å²) < 4.78 is 29.3. The van der Waals surface area contributed by atoms with Gasteiger partial charge >= 0.3 is 0 Å². The van der Waals surface area contributed by atoms with Crippen LogP contribution in [-0.2, 0) is 21.1 Å². The van der Waals surface area contributed by atoms with Crippen molar-refractivity contribution in [2.75, 3.05) is 20.4 Å². The van der Waals surface area contributed by atoms with E-state index in [-0.39, 0.29) is 17.4 Å². The smallest absolute Gasteiger partial charge is 0.151 e. The summed E-state index contributed by atoms with van der Waals surface area (Å²) in [5.41, 5.74) is 0.990. The van der Waals surface area contributed by atoms with Crippen LogP contribution >= 0.6 is 11.3 Å². The van der Waals surface area contributed by atoms with Crippen LogP contribution in [0.3, 0.4) is 0 Å². The summed E-state index contributed by atoms with van der Waals surface area (Å²) in [6, 6.07) is 0.0914. The molecule has 1 aliphatic carbocycles. The predicted octanol–water partition coefficient (Wildman–Crippen LogP) is 2.64.